The van der Waals surface area contributed by atoms with Gasteiger partial charge in [-0.25, -0.2) is 9.07 Å². The van der Waals surface area contributed by atoms with E-state index >= 15 is 0 Å². The number of hydrogen-bond acceptors (Lipinski definition) is 4. The highest BCUT2D eigenvalue weighted by atomic mass is 19.1. The third-order valence-electron chi connectivity index (χ3n) is 4.08. The molecule has 1 saturated carbocycles. The number of carboxylic acid groups (broad SMARTS) is 1. The molecule has 1 aromatic heterocycles. The van der Waals surface area contributed by atoms with E-state index in [0.29, 0.717) is 24.2 Å². The van der Waals surface area contributed by atoms with Crippen molar-refractivity contribution in [2.45, 2.75) is 32.2 Å². The van der Waals surface area contributed by atoms with Crippen LogP contribution in [-0.2, 0) is 11.3 Å². The number of aromatic nitrogens is 4. The Labute approximate surface area is 120 Å². The number of nitrogens with zero attached hydrogens (tertiary/aromatic N) is 4. The van der Waals surface area contributed by atoms with Gasteiger partial charge in [0.1, 0.15) is 5.82 Å². The van der Waals surface area contributed by atoms with Gasteiger partial charge in [0.15, 0.2) is 5.82 Å². The molecule has 0 amide bonds. The molecule has 0 saturated heterocycles. The van der Waals surface area contributed by atoms with E-state index in [-0.39, 0.29) is 12.4 Å². The van der Waals surface area contributed by atoms with Crippen LogP contribution in [0.4, 0.5) is 4.39 Å². The second-order valence-corrected chi connectivity index (χ2v) is 5.46. The lowest BCUT2D eigenvalue weighted by Crippen LogP contribution is -2.33. The van der Waals surface area contributed by atoms with Crippen LogP contribution < -0.4 is 0 Å². The van der Waals surface area contributed by atoms with Gasteiger partial charge in [-0.05, 0) is 35.4 Å². The maximum atomic E-state index is 13.3. The third kappa shape index (κ3) is 2.51. The second-order valence-electron chi connectivity index (χ2n) is 5.46. The summed E-state index contributed by atoms with van der Waals surface area (Å²) >= 11 is 0. The Morgan fingerprint density at radius 3 is 2.81 bits per heavy atom. The van der Waals surface area contributed by atoms with Crippen LogP contribution in [0.1, 0.15) is 25.7 Å². The zero-order chi connectivity index (χ0) is 14.9. The summed E-state index contributed by atoms with van der Waals surface area (Å²) in [6, 6.07) is 5.96. The highest BCUT2D eigenvalue weighted by Gasteiger charge is 2.42. The van der Waals surface area contributed by atoms with E-state index < -0.39 is 11.4 Å². The SMILES string of the molecule is O=C(O)C1(Cn2nnnc2-c2cccc(F)c2)CCCC1. The number of benzene rings is 1. The first-order chi connectivity index (χ1) is 10.1. The Morgan fingerprint density at radius 1 is 1.38 bits per heavy atom. The minimum absolute atomic E-state index is 0.210. The molecule has 0 spiro atoms. The molecule has 110 valence electrons. The fourth-order valence-electron chi connectivity index (χ4n) is 2.92. The number of hydrogen-bond donors (Lipinski definition) is 1. The van der Waals surface area contributed by atoms with E-state index in [1.807, 2.05) is 0 Å². The Bertz CT molecular complexity index is 664. The topological polar surface area (TPSA) is 80.9 Å². The molecule has 0 unspecified atom stereocenters. The standard InChI is InChI=1S/C14H15FN4O2/c15-11-5-3-4-10(8-11)12-16-17-18-19(12)9-14(13(20)21)6-1-2-7-14/h3-5,8H,1-2,6-7,9H2,(H,20,21). The van der Waals surface area contributed by atoms with Crippen molar-refractivity contribution in [1.82, 2.24) is 20.2 Å². The van der Waals surface area contributed by atoms with Gasteiger partial charge in [-0.15, -0.1) is 5.10 Å². The lowest BCUT2D eigenvalue weighted by Gasteiger charge is -2.23. The predicted molar refractivity (Wildman–Crippen MR) is 71.7 cm³/mol. The Hall–Kier alpha value is -2.31. The van der Waals surface area contributed by atoms with Gasteiger partial charge in [-0.1, -0.05) is 25.0 Å². The quantitative estimate of drug-likeness (QED) is 0.932. The lowest BCUT2D eigenvalue weighted by atomic mass is 9.86. The van der Waals surface area contributed by atoms with E-state index in [0.717, 1.165) is 12.8 Å². The lowest BCUT2D eigenvalue weighted by molar-refractivity contribution is -0.149. The molecule has 2 aromatic rings. The summed E-state index contributed by atoms with van der Waals surface area (Å²) in [5, 5.41) is 20.9. The van der Waals surface area contributed by atoms with Gasteiger partial charge in [-0.2, -0.15) is 0 Å². The Morgan fingerprint density at radius 2 is 2.14 bits per heavy atom. The highest BCUT2D eigenvalue weighted by Crippen LogP contribution is 2.40. The van der Waals surface area contributed by atoms with Gasteiger partial charge >= 0.3 is 5.97 Å². The number of carbonyl (C=O) groups is 1. The second kappa shape index (κ2) is 5.23. The molecule has 1 aromatic carbocycles. The van der Waals surface area contributed by atoms with E-state index in [4.69, 9.17) is 0 Å². The summed E-state index contributed by atoms with van der Waals surface area (Å²) in [7, 11) is 0. The van der Waals surface area contributed by atoms with Crippen molar-refractivity contribution in [2.75, 3.05) is 0 Å². The number of halogens is 1. The van der Waals surface area contributed by atoms with Crippen LogP contribution in [0.15, 0.2) is 24.3 Å². The van der Waals surface area contributed by atoms with Gasteiger partial charge in [-0.3, -0.25) is 4.79 Å². The summed E-state index contributed by atoms with van der Waals surface area (Å²) in [5.41, 5.74) is -0.282. The molecule has 1 aliphatic rings. The van der Waals surface area contributed by atoms with Crippen molar-refractivity contribution in [3.8, 4) is 11.4 Å². The van der Waals surface area contributed by atoms with Gasteiger partial charge < -0.3 is 5.11 Å². The van der Waals surface area contributed by atoms with Crippen LogP contribution in [0.5, 0.6) is 0 Å². The largest absolute Gasteiger partial charge is 0.481 e. The monoisotopic (exact) mass is 290 g/mol. The van der Waals surface area contributed by atoms with Gasteiger partial charge in [0.05, 0.1) is 12.0 Å². The summed E-state index contributed by atoms with van der Waals surface area (Å²) < 4.78 is 14.8. The van der Waals surface area contributed by atoms with Crippen LogP contribution in [0.25, 0.3) is 11.4 Å². The molecule has 0 atom stereocenters. The first kappa shape index (κ1) is 13.7. The van der Waals surface area contributed by atoms with E-state index in [9.17, 15) is 14.3 Å². The van der Waals surface area contributed by atoms with Crippen molar-refractivity contribution in [1.29, 1.82) is 0 Å². The van der Waals surface area contributed by atoms with Crippen molar-refractivity contribution in [2.24, 2.45) is 5.41 Å². The summed E-state index contributed by atoms with van der Waals surface area (Å²) in [4.78, 5) is 11.6. The normalized spacial score (nSPS) is 17.0. The van der Waals surface area contributed by atoms with Crippen molar-refractivity contribution in [3.05, 3.63) is 30.1 Å². The first-order valence-corrected chi connectivity index (χ1v) is 6.86. The molecule has 1 fully saturated rings. The predicted octanol–water partition coefficient (Wildman–Crippen LogP) is 2.12. The third-order valence-corrected chi connectivity index (χ3v) is 4.08. The molecule has 1 N–H and O–H groups in total. The van der Waals surface area contributed by atoms with E-state index in [2.05, 4.69) is 15.5 Å². The number of rotatable bonds is 4. The molecule has 21 heavy (non-hydrogen) atoms. The smallest absolute Gasteiger partial charge is 0.311 e. The highest BCUT2D eigenvalue weighted by molar-refractivity contribution is 5.75. The Kier molecular flexibility index (Phi) is 3.40. The van der Waals surface area contributed by atoms with Crippen LogP contribution in [0.2, 0.25) is 0 Å². The molecule has 3 rings (SSSR count). The van der Waals surface area contributed by atoms with Crippen molar-refractivity contribution in [3.63, 3.8) is 0 Å². The zero-order valence-corrected chi connectivity index (χ0v) is 11.4. The minimum atomic E-state index is -0.822. The fourth-order valence-corrected chi connectivity index (χ4v) is 2.92. The van der Waals surface area contributed by atoms with Crippen LogP contribution >= 0.6 is 0 Å². The summed E-state index contributed by atoms with van der Waals surface area (Å²) in [6.07, 6.45) is 3.02. The van der Waals surface area contributed by atoms with E-state index in [1.165, 1.54) is 16.8 Å². The number of carboxylic acids is 1. The van der Waals surface area contributed by atoms with Crippen LogP contribution in [-0.4, -0.2) is 31.3 Å². The van der Waals surface area contributed by atoms with Crippen LogP contribution in [0, 0.1) is 11.2 Å². The molecular formula is C14H15FN4O2. The molecular weight excluding hydrogens is 275 g/mol. The maximum Gasteiger partial charge on any atom is 0.311 e. The molecule has 1 aliphatic carbocycles. The van der Waals surface area contributed by atoms with Crippen LogP contribution in [0.3, 0.4) is 0 Å². The summed E-state index contributed by atoms with van der Waals surface area (Å²) in [6.45, 7) is 0.210. The van der Waals surface area contributed by atoms with Gasteiger partial charge in [0.2, 0.25) is 0 Å². The van der Waals surface area contributed by atoms with Gasteiger partial charge in [0.25, 0.3) is 0 Å². The zero-order valence-electron chi connectivity index (χ0n) is 11.4. The first-order valence-electron chi connectivity index (χ1n) is 6.86. The number of tetrazole rings is 1. The van der Waals surface area contributed by atoms with Crippen molar-refractivity contribution < 1.29 is 14.3 Å². The molecule has 6 nitrogen and oxygen atoms in total. The minimum Gasteiger partial charge on any atom is -0.481 e. The fraction of sp³-hybridized carbons (Fsp3) is 0.429. The molecule has 0 radical (unpaired) electrons. The number of aliphatic carboxylic acids is 1. The van der Waals surface area contributed by atoms with E-state index in [1.54, 1.807) is 12.1 Å². The van der Waals surface area contributed by atoms with Gasteiger partial charge in [0, 0.05) is 5.56 Å². The average molecular weight is 290 g/mol. The molecule has 0 bridgehead atoms. The average Bonchev–Trinajstić information content (AvgIpc) is 3.09. The van der Waals surface area contributed by atoms with Crippen molar-refractivity contribution >= 4 is 5.97 Å². The molecule has 7 heteroatoms. The maximum absolute atomic E-state index is 13.3. The Balaban J connectivity index is 1.94. The summed E-state index contributed by atoms with van der Waals surface area (Å²) in [5.74, 6) is -0.807. The molecule has 1 heterocycles. The molecule has 0 aliphatic heterocycles.